The van der Waals surface area contributed by atoms with Crippen LogP contribution in [-0.4, -0.2) is 4.99 Å². The molecule has 1 aliphatic carbocycles. The van der Waals surface area contributed by atoms with Gasteiger partial charge in [0.2, 0.25) is 0 Å². The van der Waals surface area contributed by atoms with Crippen LogP contribution in [0.15, 0.2) is 18.2 Å². The molecule has 0 aromatic heterocycles. The first-order valence-electron chi connectivity index (χ1n) is 5.36. The van der Waals surface area contributed by atoms with E-state index in [0.717, 1.165) is 23.4 Å². The van der Waals surface area contributed by atoms with Crippen molar-refractivity contribution in [1.29, 1.82) is 0 Å². The molecule has 15 heavy (non-hydrogen) atoms. The van der Waals surface area contributed by atoms with E-state index in [9.17, 15) is 4.39 Å². The van der Waals surface area contributed by atoms with Crippen molar-refractivity contribution >= 4 is 22.9 Å². The minimum atomic E-state index is -0.180. The van der Waals surface area contributed by atoms with Gasteiger partial charge in [0.1, 0.15) is 5.82 Å². The van der Waals surface area contributed by atoms with Crippen LogP contribution in [0.3, 0.4) is 0 Å². The number of thiocarbonyl (C=S) groups is 1. The molecule has 1 aromatic rings. The zero-order chi connectivity index (χ0) is 10.4. The number of rotatable bonds is 0. The highest BCUT2D eigenvalue weighted by atomic mass is 32.1. The second kappa shape index (κ2) is 3.27. The quantitative estimate of drug-likeness (QED) is 0.673. The molecule has 0 spiro atoms. The summed E-state index contributed by atoms with van der Waals surface area (Å²) in [6, 6.07) is 5.31. The fourth-order valence-electron chi connectivity index (χ4n) is 2.84. The molecule has 1 heterocycles. The molecule has 1 aliphatic heterocycles. The largest absolute Gasteiger partial charge is 0.347 e. The molecule has 1 aromatic carbocycles. The van der Waals surface area contributed by atoms with E-state index in [2.05, 4.69) is 5.32 Å². The molecule has 0 saturated heterocycles. The Hall–Kier alpha value is -0.960. The van der Waals surface area contributed by atoms with Crippen molar-refractivity contribution in [3.8, 4) is 0 Å². The summed E-state index contributed by atoms with van der Waals surface area (Å²) in [5.41, 5.74) is 1.73. The van der Waals surface area contributed by atoms with E-state index in [-0.39, 0.29) is 5.82 Å². The minimum absolute atomic E-state index is 0.180. The number of nitrogens with one attached hydrogen (secondary N) is 1. The molecule has 2 unspecified atom stereocenters. The van der Waals surface area contributed by atoms with Crippen molar-refractivity contribution in [1.82, 2.24) is 0 Å². The Morgan fingerprint density at radius 1 is 1.27 bits per heavy atom. The summed E-state index contributed by atoms with van der Waals surface area (Å²) in [5, 5.41) is 3.06. The van der Waals surface area contributed by atoms with Crippen LogP contribution in [0, 0.1) is 11.7 Å². The van der Waals surface area contributed by atoms with Crippen molar-refractivity contribution in [3.63, 3.8) is 0 Å². The van der Waals surface area contributed by atoms with E-state index in [1.807, 2.05) is 6.07 Å². The van der Waals surface area contributed by atoms with Gasteiger partial charge in [-0.2, -0.15) is 0 Å². The van der Waals surface area contributed by atoms with Gasteiger partial charge in [0.15, 0.2) is 0 Å². The van der Waals surface area contributed by atoms with E-state index >= 15 is 0 Å². The van der Waals surface area contributed by atoms with Crippen LogP contribution in [0.5, 0.6) is 0 Å². The Bertz CT molecular complexity index is 430. The fraction of sp³-hybridized carbons (Fsp3) is 0.417. The maximum absolute atomic E-state index is 13.6. The topological polar surface area (TPSA) is 12.0 Å². The molecule has 1 N–H and O–H groups in total. The zero-order valence-corrected chi connectivity index (χ0v) is 9.11. The SMILES string of the molecule is Fc1cccc2c1NC(=S)C1CCCC21. The lowest BCUT2D eigenvalue weighted by Crippen LogP contribution is -2.29. The van der Waals surface area contributed by atoms with Gasteiger partial charge in [-0.05, 0) is 30.4 Å². The molecule has 0 amide bonds. The maximum Gasteiger partial charge on any atom is 0.146 e. The average molecular weight is 221 g/mol. The normalized spacial score (nSPS) is 28.2. The Labute approximate surface area is 93.7 Å². The zero-order valence-electron chi connectivity index (χ0n) is 8.29. The predicted molar refractivity (Wildman–Crippen MR) is 62.7 cm³/mol. The summed E-state index contributed by atoms with van der Waals surface area (Å²) < 4.78 is 13.6. The van der Waals surface area contributed by atoms with Crippen molar-refractivity contribution < 1.29 is 4.39 Å². The van der Waals surface area contributed by atoms with Crippen LogP contribution < -0.4 is 5.32 Å². The van der Waals surface area contributed by atoms with Gasteiger partial charge in [0, 0.05) is 5.92 Å². The third-order valence-corrected chi connectivity index (χ3v) is 3.95. The van der Waals surface area contributed by atoms with Crippen molar-refractivity contribution in [3.05, 3.63) is 29.6 Å². The van der Waals surface area contributed by atoms with Gasteiger partial charge >= 0.3 is 0 Å². The molecule has 3 rings (SSSR count). The van der Waals surface area contributed by atoms with Gasteiger partial charge in [-0.15, -0.1) is 0 Å². The molecule has 0 bridgehead atoms. The molecule has 1 nitrogen and oxygen atoms in total. The fourth-order valence-corrected chi connectivity index (χ4v) is 3.23. The Kier molecular flexibility index (Phi) is 2.02. The highest BCUT2D eigenvalue weighted by Crippen LogP contribution is 2.46. The average Bonchev–Trinajstić information content (AvgIpc) is 2.69. The lowest BCUT2D eigenvalue weighted by molar-refractivity contribution is 0.594. The Balaban J connectivity index is 2.15. The van der Waals surface area contributed by atoms with Crippen LogP contribution in [0.2, 0.25) is 0 Å². The number of para-hydroxylation sites is 1. The first-order chi connectivity index (χ1) is 7.27. The molecule has 1 fully saturated rings. The van der Waals surface area contributed by atoms with Crippen LogP contribution in [0.4, 0.5) is 10.1 Å². The van der Waals surface area contributed by atoms with Crippen LogP contribution in [0.25, 0.3) is 0 Å². The summed E-state index contributed by atoms with van der Waals surface area (Å²) in [7, 11) is 0. The molecule has 2 aliphatic rings. The lowest BCUT2D eigenvalue weighted by Gasteiger charge is -2.30. The van der Waals surface area contributed by atoms with E-state index < -0.39 is 0 Å². The number of hydrogen-bond donors (Lipinski definition) is 1. The standard InChI is InChI=1S/C12H12FNS/c13-10-6-2-4-8-7-3-1-5-9(7)12(15)14-11(8)10/h2,4,6-7,9H,1,3,5H2,(H,14,15). The summed E-state index contributed by atoms with van der Waals surface area (Å²) in [5.74, 6) is 0.707. The molecule has 0 radical (unpaired) electrons. The van der Waals surface area contributed by atoms with Crippen LogP contribution >= 0.6 is 12.2 Å². The van der Waals surface area contributed by atoms with Gasteiger partial charge in [-0.1, -0.05) is 30.8 Å². The Morgan fingerprint density at radius 2 is 2.07 bits per heavy atom. The molecular formula is C12H12FNS. The van der Waals surface area contributed by atoms with Gasteiger partial charge in [0.05, 0.1) is 10.7 Å². The number of fused-ring (bicyclic) bond motifs is 3. The second-order valence-electron chi connectivity index (χ2n) is 4.34. The van der Waals surface area contributed by atoms with E-state index in [0.29, 0.717) is 17.5 Å². The van der Waals surface area contributed by atoms with Gasteiger partial charge in [0.25, 0.3) is 0 Å². The monoisotopic (exact) mass is 221 g/mol. The van der Waals surface area contributed by atoms with Crippen molar-refractivity contribution in [2.24, 2.45) is 5.92 Å². The van der Waals surface area contributed by atoms with Gasteiger partial charge < -0.3 is 5.32 Å². The minimum Gasteiger partial charge on any atom is -0.347 e. The summed E-state index contributed by atoms with van der Waals surface area (Å²) in [4.78, 5) is 0.829. The molecule has 2 atom stereocenters. The number of anilines is 1. The number of benzene rings is 1. The summed E-state index contributed by atoms with van der Waals surface area (Å²) in [6.45, 7) is 0. The third-order valence-electron chi connectivity index (χ3n) is 3.55. The first-order valence-corrected chi connectivity index (χ1v) is 5.77. The number of halogens is 1. The highest BCUT2D eigenvalue weighted by Gasteiger charge is 2.37. The Morgan fingerprint density at radius 3 is 2.93 bits per heavy atom. The van der Waals surface area contributed by atoms with Crippen molar-refractivity contribution in [2.45, 2.75) is 25.2 Å². The number of hydrogen-bond acceptors (Lipinski definition) is 1. The highest BCUT2D eigenvalue weighted by molar-refractivity contribution is 7.80. The second-order valence-corrected chi connectivity index (χ2v) is 4.78. The van der Waals surface area contributed by atoms with E-state index in [4.69, 9.17) is 12.2 Å². The van der Waals surface area contributed by atoms with Crippen molar-refractivity contribution in [2.75, 3.05) is 5.32 Å². The summed E-state index contributed by atoms with van der Waals surface area (Å²) >= 11 is 5.30. The smallest absolute Gasteiger partial charge is 0.146 e. The van der Waals surface area contributed by atoms with E-state index in [1.165, 1.54) is 12.5 Å². The van der Waals surface area contributed by atoms with Gasteiger partial charge in [-0.3, -0.25) is 0 Å². The third kappa shape index (κ3) is 1.29. The lowest BCUT2D eigenvalue weighted by atomic mass is 9.84. The molecule has 78 valence electrons. The van der Waals surface area contributed by atoms with E-state index in [1.54, 1.807) is 6.07 Å². The van der Waals surface area contributed by atoms with Gasteiger partial charge in [-0.25, -0.2) is 4.39 Å². The van der Waals surface area contributed by atoms with Crippen LogP contribution in [-0.2, 0) is 0 Å². The first kappa shape index (κ1) is 9.28. The maximum atomic E-state index is 13.6. The molecule has 1 saturated carbocycles. The molecule has 3 heteroatoms. The van der Waals surface area contributed by atoms with Crippen LogP contribution in [0.1, 0.15) is 30.7 Å². The predicted octanol–water partition coefficient (Wildman–Crippen LogP) is 3.46. The molecular weight excluding hydrogens is 209 g/mol. The summed E-state index contributed by atoms with van der Waals surface area (Å²) in [6.07, 6.45) is 3.49.